The molecule has 0 bridgehead atoms. The number of halogens is 5. The number of carbonyl (C=O) groups excluding carboxylic acids is 1. The molecular weight excluding hydrogens is 625 g/mol. The number of allylic oxidation sites excluding steroid dienone is 1. The molecule has 1 amide bonds. The number of amides is 1. The Labute approximate surface area is 273 Å². The first kappa shape index (κ1) is 31.4. The van der Waals surface area contributed by atoms with Crippen molar-refractivity contribution in [1.82, 2.24) is 19.6 Å². The van der Waals surface area contributed by atoms with E-state index in [0.717, 1.165) is 29.2 Å². The maximum absolute atomic E-state index is 14.4. The highest BCUT2D eigenvalue weighted by molar-refractivity contribution is 6.09. The first-order valence-corrected chi connectivity index (χ1v) is 15.7. The van der Waals surface area contributed by atoms with Crippen LogP contribution in [0.3, 0.4) is 0 Å². The Morgan fingerprint density at radius 1 is 0.917 bits per heavy atom. The van der Waals surface area contributed by atoms with Crippen LogP contribution < -0.4 is 0 Å². The lowest BCUT2D eigenvalue weighted by molar-refractivity contribution is -0.142. The third-order valence-electron chi connectivity index (χ3n) is 8.94. The molecule has 1 aliphatic carbocycles. The number of hydrogen-bond acceptors (Lipinski definition) is 4. The van der Waals surface area contributed by atoms with Gasteiger partial charge in [0.2, 0.25) is 0 Å². The van der Waals surface area contributed by atoms with Crippen LogP contribution in [0.1, 0.15) is 77.9 Å². The van der Waals surface area contributed by atoms with Gasteiger partial charge in [0.1, 0.15) is 11.6 Å². The predicted molar refractivity (Wildman–Crippen MR) is 172 cm³/mol. The van der Waals surface area contributed by atoms with E-state index in [2.05, 4.69) is 10.1 Å². The van der Waals surface area contributed by atoms with Crippen LogP contribution in [0.25, 0.3) is 23.0 Å². The molecule has 7 rings (SSSR count). The largest absolute Gasteiger partial charge is 0.433 e. The van der Waals surface area contributed by atoms with Crippen molar-refractivity contribution in [2.45, 2.75) is 51.2 Å². The fourth-order valence-corrected chi connectivity index (χ4v) is 6.51. The van der Waals surface area contributed by atoms with E-state index in [1.54, 1.807) is 36.4 Å². The number of aromatic nitrogens is 3. The highest BCUT2D eigenvalue weighted by Gasteiger charge is 2.45. The first-order chi connectivity index (χ1) is 23.0. The molecule has 1 saturated carbocycles. The van der Waals surface area contributed by atoms with E-state index in [9.17, 15) is 26.7 Å². The second-order valence-corrected chi connectivity index (χ2v) is 12.5. The Morgan fingerprint density at radius 2 is 1.58 bits per heavy atom. The van der Waals surface area contributed by atoms with Gasteiger partial charge >= 0.3 is 6.18 Å². The zero-order valence-electron chi connectivity index (χ0n) is 26.0. The summed E-state index contributed by atoms with van der Waals surface area (Å²) in [5.41, 5.74) is 3.05. The molecule has 3 aromatic carbocycles. The lowest BCUT2D eigenvalue weighted by Gasteiger charge is -2.29. The summed E-state index contributed by atoms with van der Waals surface area (Å²) >= 11 is 0. The van der Waals surface area contributed by atoms with Gasteiger partial charge in [-0.1, -0.05) is 62.4 Å². The van der Waals surface area contributed by atoms with Gasteiger partial charge in [0.25, 0.3) is 5.91 Å². The number of hydrogen-bond donors (Lipinski definition) is 0. The number of carbonyl (C=O) groups is 1. The zero-order valence-corrected chi connectivity index (χ0v) is 26.0. The molecule has 3 heterocycles. The van der Waals surface area contributed by atoms with Crippen molar-refractivity contribution in [3.05, 3.63) is 130 Å². The molecule has 2 aromatic heterocycles. The highest BCUT2D eigenvalue weighted by atomic mass is 19.4. The SMILES string of the molecule is CC(C)c1ccc(-c2cc(C(F)(F)F)n3nc(C(=O)N4N=C5/C(=C/c6ccc(F)cc6)CCC[C@H]5[C@@H]4c4ccc(F)cc4)cc3n2)cc1. The van der Waals surface area contributed by atoms with Gasteiger partial charge in [0.15, 0.2) is 17.0 Å². The average molecular weight is 656 g/mol. The maximum atomic E-state index is 14.4. The number of benzene rings is 3. The van der Waals surface area contributed by atoms with Gasteiger partial charge < -0.3 is 0 Å². The second-order valence-electron chi connectivity index (χ2n) is 12.5. The standard InChI is InChI=1S/C37H30F5N5O/c1-21(2)23-8-10-24(11-9-23)30-19-32(37(40,41)42)46-33(43-30)20-31(44-46)36(48)47-35(25-12-16-28(39)17-13-25)29-5-3-4-26(34(29)45-47)18-22-6-14-27(38)15-7-22/h6-21,29,35H,3-5H2,1-2H3/b26-18+/t29-,35+/m1/s1. The summed E-state index contributed by atoms with van der Waals surface area (Å²) < 4.78 is 71.4. The number of fused-ring (bicyclic) bond motifs is 2. The molecule has 0 spiro atoms. The number of nitrogens with zero attached hydrogens (tertiary/aromatic N) is 5. The fourth-order valence-electron chi connectivity index (χ4n) is 6.51. The van der Waals surface area contributed by atoms with Crippen LogP contribution in [0.2, 0.25) is 0 Å². The lowest BCUT2D eigenvalue weighted by atomic mass is 9.77. The van der Waals surface area contributed by atoms with Crippen LogP contribution in [0, 0.1) is 17.6 Å². The summed E-state index contributed by atoms with van der Waals surface area (Å²) in [5.74, 6) is -1.54. The van der Waals surface area contributed by atoms with Crippen LogP contribution >= 0.6 is 0 Å². The minimum Gasteiger partial charge on any atom is -0.265 e. The maximum Gasteiger partial charge on any atom is 0.433 e. The number of rotatable bonds is 5. The summed E-state index contributed by atoms with van der Waals surface area (Å²) in [6.45, 7) is 4.05. The van der Waals surface area contributed by atoms with E-state index < -0.39 is 29.6 Å². The van der Waals surface area contributed by atoms with Crippen molar-refractivity contribution < 1.29 is 26.7 Å². The monoisotopic (exact) mass is 655 g/mol. The molecule has 48 heavy (non-hydrogen) atoms. The van der Waals surface area contributed by atoms with Gasteiger partial charge in [0.05, 0.1) is 17.4 Å². The molecule has 2 aliphatic rings. The summed E-state index contributed by atoms with van der Waals surface area (Å²) in [7, 11) is 0. The van der Waals surface area contributed by atoms with Crippen molar-refractivity contribution in [1.29, 1.82) is 0 Å². The van der Waals surface area contributed by atoms with Crippen molar-refractivity contribution in [2.24, 2.45) is 11.0 Å². The van der Waals surface area contributed by atoms with Crippen LogP contribution in [0.15, 0.2) is 95.6 Å². The quantitative estimate of drug-likeness (QED) is 0.177. The molecule has 6 nitrogen and oxygen atoms in total. The van der Waals surface area contributed by atoms with Crippen LogP contribution in [0.4, 0.5) is 22.0 Å². The Morgan fingerprint density at radius 3 is 2.23 bits per heavy atom. The molecular formula is C37H30F5N5O. The topological polar surface area (TPSA) is 62.9 Å². The molecule has 0 saturated heterocycles. The lowest BCUT2D eigenvalue weighted by Crippen LogP contribution is -2.32. The van der Waals surface area contributed by atoms with Crippen molar-refractivity contribution in [2.75, 3.05) is 0 Å². The fraction of sp³-hybridized carbons (Fsp3) is 0.243. The summed E-state index contributed by atoms with van der Waals surface area (Å²) in [6.07, 6.45) is -0.765. The molecule has 0 radical (unpaired) electrons. The van der Waals surface area contributed by atoms with Gasteiger partial charge in [-0.25, -0.2) is 23.3 Å². The summed E-state index contributed by atoms with van der Waals surface area (Å²) in [6, 6.07) is 20.5. The molecule has 0 N–H and O–H groups in total. The first-order valence-electron chi connectivity index (χ1n) is 15.7. The Hall–Kier alpha value is -5.19. The van der Waals surface area contributed by atoms with Gasteiger partial charge in [0, 0.05) is 17.5 Å². The van der Waals surface area contributed by atoms with E-state index in [1.165, 1.54) is 35.3 Å². The van der Waals surface area contributed by atoms with Gasteiger partial charge in [-0.15, -0.1) is 0 Å². The number of alkyl halides is 3. The van der Waals surface area contributed by atoms with Crippen LogP contribution in [-0.4, -0.2) is 31.2 Å². The second kappa shape index (κ2) is 12.1. The molecule has 2 atom stereocenters. The third-order valence-corrected chi connectivity index (χ3v) is 8.94. The molecule has 5 aromatic rings. The van der Waals surface area contributed by atoms with Crippen molar-refractivity contribution in [3.8, 4) is 11.3 Å². The normalized spacial score (nSPS) is 18.9. The Bertz CT molecular complexity index is 2060. The minimum absolute atomic E-state index is 0.0937. The molecule has 244 valence electrons. The van der Waals surface area contributed by atoms with E-state index in [1.807, 2.05) is 32.1 Å². The van der Waals surface area contributed by atoms with Gasteiger partial charge in [-0.2, -0.15) is 23.4 Å². The Kier molecular flexibility index (Phi) is 7.93. The highest BCUT2D eigenvalue weighted by Crippen LogP contribution is 2.45. The summed E-state index contributed by atoms with van der Waals surface area (Å²) in [5, 5.41) is 10.1. The van der Waals surface area contributed by atoms with E-state index >= 15 is 0 Å². The van der Waals surface area contributed by atoms with E-state index in [4.69, 9.17) is 5.10 Å². The van der Waals surface area contributed by atoms with E-state index in [-0.39, 0.29) is 34.7 Å². The zero-order chi connectivity index (χ0) is 33.7. The number of hydrazone groups is 1. The third kappa shape index (κ3) is 5.89. The minimum atomic E-state index is -4.79. The van der Waals surface area contributed by atoms with Crippen molar-refractivity contribution in [3.63, 3.8) is 0 Å². The molecule has 0 unspecified atom stereocenters. The van der Waals surface area contributed by atoms with E-state index in [0.29, 0.717) is 34.2 Å². The molecule has 1 fully saturated rings. The van der Waals surface area contributed by atoms with Crippen LogP contribution in [-0.2, 0) is 6.18 Å². The Balaban J connectivity index is 1.32. The molecule has 1 aliphatic heterocycles. The molecule has 11 heteroatoms. The average Bonchev–Trinajstić information content (AvgIpc) is 3.68. The van der Waals surface area contributed by atoms with Crippen LogP contribution in [0.5, 0.6) is 0 Å². The summed E-state index contributed by atoms with van der Waals surface area (Å²) in [4.78, 5) is 18.7. The van der Waals surface area contributed by atoms with Crippen molar-refractivity contribution >= 4 is 23.3 Å². The van der Waals surface area contributed by atoms with Gasteiger partial charge in [-0.05, 0) is 83.9 Å². The predicted octanol–water partition coefficient (Wildman–Crippen LogP) is 9.25. The smallest absolute Gasteiger partial charge is 0.265 e. The van der Waals surface area contributed by atoms with Gasteiger partial charge in [-0.3, -0.25) is 4.79 Å².